The lowest BCUT2D eigenvalue weighted by Crippen LogP contribution is -2.26. The van der Waals surface area contributed by atoms with E-state index >= 15 is 0 Å². The van der Waals surface area contributed by atoms with Gasteiger partial charge in [-0.25, -0.2) is 0 Å². The molecule has 21 heavy (non-hydrogen) atoms. The van der Waals surface area contributed by atoms with Crippen LogP contribution in [0.15, 0.2) is 48.5 Å². The number of carbonyl (C=O) groups is 1. The van der Waals surface area contributed by atoms with E-state index in [1.165, 1.54) is 5.56 Å². The van der Waals surface area contributed by atoms with Crippen molar-refractivity contribution in [3.8, 4) is 5.75 Å². The molecule has 1 heterocycles. The molecule has 0 fully saturated rings. The van der Waals surface area contributed by atoms with Crippen LogP contribution < -0.4 is 4.74 Å². The zero-order valence-electron chi connectivity index (χ0n) is 12.5. The summed E-state index contributed by atoms with van der Waals surface area (Å²) in [6.45, 7) is 4.34. The van der Waals surface area contributed by atoms with Crippen LogP contribution in [-0.2, 0) is 17.6 Å². The number of ether oxygens (including phenoxy) is 1. The van der Waals surface area contributed by atoms with Gasteiger partial charge in [0.15, 0.2) is 11.9 Å². The fraction of sp³-hybridized carbons (Fsp3) is 0.316. The molecule has 0 spiro atoms. The van der Waals surface area contributed by atoms with Gasteiger partial charge in [0.2, 0.25) is 0 Å². The molecule has 0 bridgehead atoms. The van der Waals surface area contributed by atoms with E-state index in [4.69, 9.17) is 4.74 Å². The second-order valence-corrected chi connectivity index (χ2v) is 5.96. The number of Topliss-reactive ketones (excluding diaryl/α,β-unsaturated/α-hetero) is 1. The van der Waals surface area contributed by atoms with Crippen molar-refractivity contribution in [2.45, 2.75) is 38.7 Å². The number of carbonyl (C=O) groups excluding carboxylic acids is 1. The van der Waals surface area contributed by atoms with Crippen molar-refractivity contribution >= 4 is 5.78 Å². The van der Waals surface area contributed by atoms with Gasteiger partial charge >= 0.3 is 0 Å². The molecule has 0 radical (unpaired) electrons. The molecule has 0 aromatic heterocycles. The summed E-state index contributed by atoms with van der Waals surface area (Å²) in [4.78, 5) is 12.4. The Balaban J connectivity index is 1.65. The summed E-state index contributed by atoms with van der Waals surface area (Å²) in [6.07, 6.45) is 0.808. The molecule has 1 unspecified atom stereocenters. The number of hydrogen-bond donors (Lipinski definition) is 0. The van der Waals surface area contributed by atoms with Crippen molar-refractivity contribution in [3.63, 3.8) is 0 Å². The van der Waals surface area contributed by atoms with Gasteiger partial charge in [0.25, 0.3) is 0 Å². The molecule has 3 rings (SSSR count). The van der Waals surface area contributed by atoms with Gasteiger partial charge in [-0.2, -0.15) is 0 Å². The summed E-state index contributed by atoms with van der Waals surface area (Å²) < 4.78 is 5.75. The van der Waals surface area contributed by atoms with Gasteiger partial charge < -0.3 is 4.74 Å². The molecule has 2 aromatic rings. The smallest absolute Gasteiger partial charge is 0.177 e. The predicted molar refractivity (Wildman–Crippen MR) is 83.8 cm³/mol. The number of ketones is 1. The van der Waals surface area contributed by atoms with E-state index in [2.05, 4.69) is 38.1 Å². The Morgan fingerprint density at radius 1 is 1.14 bits per heavy atom. The van der Waals surface area contributed by atoms with Gasteiger partial charge in [-0.3, -0.25) is 4.79 Å². The molecule has 2 aromatic carbocycles. The summed E-state index contributed by atoms with van der Waals surface area (Å²) in [5.41, 5.74) is 3.49. The highest BCUT2D eigenvalue weighted by atomic mass is 16.5. The van der Waals surface area contributed by atoms with Crippen molar-refractivity contribution < 1.29 is 9.53 Å². The van der Waals surface area contributed by atoms with E-state index in [0.717, 1.165) is 16.9 Å². The Morgan fingerprint density at radius 3 is 2.52 bits per heavy atom. The quantitative estimate of drug-likeness (QED) is 0.848. The maximum absolute atomic E-state index is 12.4. The van der Waals surface area contributed by atoms with E-state index in [1.54, 1.807) is 0 Å². The molecule has 0 N–H and O–H groups in total. The Hall–Kier alpha value is -2.09. The second kappa shape index (κ2) is 5.72. The van der Waals surface area contributed by atoms with Crippen LogP contribution in [0, 0.1) is 0 Å². The van der Waals surface area contributed by atoms with Gasteiger partial charge in [-0.05, 0) is 28.7 Å². The van der Waals surface area contributed by atoms with Gasteiger partial charge in [0, 0.05) is 12.8 Å². The van der Waals surface area contributed by atoms with Crippen molar-refractivity contribution in [1.29, 1.82) is 0 Å². The minimum absolute atomic E-state index is 0.156. The third kappa shape index (κ3) is 2.99. The van der Waals surface area contributed by atoms with Gasteiger partial charge in [0.1, 0.15) is 5.75 Å². The molecule has 0 saturated carbocycles. The normalized spacial score (nSPS) is 16.6. The average Bonchev–Trinajstić information content (AvgIpc) is 2.92. The first-order chi connectivity index (χ1) is 10.1. The van der Waals surface area contributed by atoms with Crippen LogP contribution in [0.1, 0.15) is 36.5 Å². The second-order valence-electron chi connectivity index (χ2n) is 5.96. The fourth-order valence-electron chi connectivity index (χ4n) is 2.70. The lowest BCUT2D eigenvalue weighted by Gasteiger charge is -2.10. The van der Waals surface area contributed by atoms with E-state index in [-0.39, 0.29) is 11.9 Å². The Labute approximate surface area is 125 Å². The van der Waals surface area contributed by atoms with E-state index in [0.29, 0.717) is 18.8 Å². The topological polar surface area (TPSA) is 26.3 Å². The number of fused-ring (bicyclic) bond motifs is 1. The van der Waals surface area contributed by atoms with Crippen molar-refractivity contribution in [1.82, 2.24) is 0 Å². The molecule has 2 nitrogen and oxygen atoms in total. The lowest BCUT2D eigenvalue weighted by atomic mass is 9.98. The number of hydrogen-bond acceptors (Lipinski definition) is 2. The van der Waals surface area contributed by atoms with Crippen molar-refractivity contribution in [2.24, 2.45) is 0 Å². The highest BCUT2D eigenvalue weighted by Crippen LogP contribution is 2.29. The molecule has 108 valence electrons. The van der Waals surface area contributed by atoms with Gasteiger partial charge in [-0.15, -0.1) is 0 Å². The monoisotopic (exact) mass is 280 g/mol. The molecule has 1 atom stereocenters. The predicted octanol–water partition coefficient (Wildman–Crippen LogP) is 3.93. The molecular weight excluding hydrogens is 260 g/mol. The maximum Gasteiger partial charge on any atom is 0.177 e. The zero-order chi connectivity index (χ0) is 14.8. The highest BCUT2D eigenvalue weighted by Gasteiger charge is 2.28. The summed E-state index contributed by atoms with van der Waals surface area (Å²) in [5, 5.41) is 0. The summed E-state index contributed by atoms with van der Waals surface area (Å²) in [5.74, 6) is 1.52. The van der Waals surface area contributed by atoms with Gasteiger partial charge in [-0.1, -0.05) is 56.3 Å². The summed E-state index contributed by atoms with van der Waals surface area (Å²) in [7, 11) is 0. The van der Waals surface area contributed by atoms with Crippen LogP contribution in [-0.4, -0.2) is 11.9 Å². The number of rotatable bonds is 4. The molecule has 1 aliphatic rings. The van der Waals surface area contributed by atoms with Crippen LogP contribution in [0.3, 0.4) is 0 Å². The molecule has 0 saturated heterocycles. The minimum atomic E-state index is -0.327. The zero-order valence-corrected chi connectivity index (χ0v) is 12.5. The first-order valence-electron chi connectivity index (χ1n) is 7.49. The first-order valence-corrected chi connectivity index (χ1v) is 7.49. The maximum atomic E-state index is 12.4. The van der Waals surface area contributed by atoms with Crippen molar-refractivity contribution in [3.05, 3.63) is 65.2 Å². The van der Waals surface area contributed by atoms with E-state index < -0.39 is 0 Å². The molecule has 0 aliphatic carbocycles. The van der Waals surface area contributed by atoms with Crippen LogP contribution in [0.4, 0.5) is 0 Å². The summed E-state index contributed by atoms with van der Waals surface area (Å²) >= 11 is 0. The number of benzene rings is 2. The Kier molecular flexibility index (Phi) is 3.78. The Bertz CT molecular complexity index is 616. The molecular formula is C19H20O2. The first kappa shape index (κ1) is 13.9. The number of para-hydroxylation sites is 1. The van der Waals surface area contributed by atoms with Gasteiger partial charge in [0.05, 0.1) is 0 Å². The van der Waals surface area contributed by atoms with Crippen LogP contribution >= 0.6 is 0 Å². The standard InChI is InChI=1S/C19H20O2/c1-13(2)15-9-7-14(8-10-15)11-17(20)19-12-16-5-3-4-6-18(16)21-19/h3-10,13,19H,11-12H2,1-2H3. The minimum Gasteiger partial charge on any atom is -0.482 e. The van der Waals surface area contributed by atoms with E-state index in [1.807, 2.05) is 24.3 Å². The lowest BCUT2D eigenvalue weighted by molar-refractivity contribution is -0.124. The average molecular weight is 280 g/mol. The van der Waals surface area contributed by atoms with Crippen LogP contribution in [0.5, 0.6) is 5.75 Å². The highest BCUT2D eigenvalue weighted by molar-refractivity contribution is 5.86. The largest absolute Gasteiger partial charge is 0.482 e. The SMILES string of the molecule is CC(C)c1ccc(CC(=O)C2Cc3ccccc3O2)cc1. The molecule has 2 heteroatoms. The fourth-order valence-corrected chi connectivity index (χ4v) is 2.70. The Morgan fingerprint density at radius 2 is 1.86 bits per heavy atom. The molecule has 1 aliphatic heterocycles. The van der Waals surface area contributed by atoms with Crippen molar-refractivity contribution in [2.75, 3.05) is 0 Å². The van der Waals surface area contributed by atoms with Crippen LogP contribution in [0.2, 0.25) is 0 Å². The van der Waals surface area contributed by atoms with Crippen LogP contribution in [0.25, 0.3) is 0 Å². The van der Waals surface area contributed by atoms with E-state index in [9.17, 15) is 4.79 Å². The molecule has 0 amide bonds. The third-order valence-electron chi connectivity index (χ3n) is 4.03. The summed E-state index contributed by atoms with van der Waals surface area (Å²) in [6, 6.07) is 16.2. The third-order valence-corrected chi connectivity index (χ3v) is 4.03.